The zero-order chi connectivity index (χ0) is 19.8. The topological polar surface area (TPSA) is 74.1 Å². The number of thioether (sulfide) groups is 1. The molecule has 0 radical (unpaired) electrons. The number of aromatic nitrogens is 1. The van der Waals surface area contributed by atoms with Gasteiger partial charge in [0.1, 0.15) is 11.1 Å². The van der Waals surface area contributed by atoms with Crippen LogP contribution >= 0.6 is 11.8 Å². The molecule has 1 fully saturated rings. The first-order valence-electron chi connectivity index (χ1n) is 7.80. The average Bonchev–Trinajstić information content (AvgIpc) is 2.88. The maximum absolute atomic E-state index is 13.2. The summed E-state index contributed by atoms with van der Waals surface area (Å²) >= 11 is 0.711. The van der Waals surface area contributed by atoms with Gasteiger partial charge in [0.15, 0.2) is 0 Å². The summed E-state index contributed by atoms with van der Waals surface area (Å²) in [7, 11) is 0. The summed E-state index contributed by atoms with van der Waals surface area (Å²) in [6, 6.07) is 10.6. The molecule has 9 heteroatoms. The number of imide groups is 1. The van der Waals surface area contributed by atoms with Gasteiger partial charge in [0.25, 0.3) is 0 Å². The normalized spacial score (nSPS) is 17.3. The number of anilines is 1. The first-order valence-corrected chi connectivity index (χ1v) is 8.67. The molecule has 2 amide bonds. The Bertz CT molecular complexity index is 955. The molecule has 1 aliphatic rings. The molecule has 5 nitrogen and oxygen atoms in total. The number of hydrogen-bond acceptors (Lipinski definition) is 5. The summed E-state index contributed by atoms with van der Waals surface area (Å²) in [5.41, 5.74) is -1.28. The number of alkyl halides is 3. The maximum Gasteiger partial charge on any atom is 0.417 e. The Morgan fingerprint density at radius 1 is 1.26 bits per heavy atom. The van der Waals surface area contributed by atoms with E-state index >= 15 is 0 Å². The van der Waals surface area contributed by atoms with Gasteiger partial charge < -0.3 is 0 Å². The van der Waals surface area contributed by atoms with Crippen LogP contribution in [0.5, 0.6) is 0 Å². The Kier molecular flexibility index (Phi) is 4.93. The van der Waals surface area contributed by atoms with Gasteiger partial charge in [-0.1, -0.05) is 30.0 Å². The Balaban J connectivity index is 1.95. The predicted molar refractivity (Wildman–Crippen MR) is 91.9 cm³/mol. The van der Waals surface area contributed by atoms with Crippen LogP contribution in [-0.4, -0.2) is 22.0 Å². The fraction of sp³-hybridized carbons (Fsp3) is 0.222. The van der Waals surface area contributed by atoms with Gasteiger partial charge in [-0.25, -0.2) is 9.88 Å². The van der Waals surface area contributed by atoms with Gasteiger partial charge in [-0.05, 0) is 25.1 Å². The van der Waals surface area contributed by atoms with Gasteiger partial charge in [0.05, 0.1) is 22.1 Å². The number of hydrogen-bond donors (Lipinski definition) is 0. The largest absolute Gasteiger partial charge is 0.417 e. The number of nitriles is 1. The Morgan fingerprint density at radius 2 is 1.93 bits per heavy atom. The predicted octanol–water partition coefficient (Wildman–Crippen LogP) is 3.70. The van der Waals surface area contributed by atoms with Gasteiger partial charge in [0, 0.05) is 12.1 Å². The lowest BCUT2D eigenvalue weighted by Crippen LogP contribution is -2.31. The van der Waals surface area contributed by atoms with Crippen LogP contribution < -0.4 is 4.90 Å². The monoisotopic (exact) mass is 391 g/mol. The SMILES string of the molecule is Cc1cc(C(F)(F)F)c(C#N)c(SC2CC(=O)N(c3ccccc3)C2=O)n1. The van der Waals surface area contributed by atoms with Crippen LogP contribution in [0, 0.1) is 18.3 Å². The first kappa shape index (κ1) is 18.9. The van der Waals surface area contributed by atoms with Gasteiger partial charge in [-0.3, -0.25) is 9.59 Å². The molecule has 1 aliphatic heterocycles. The van der Waals surface area contributed by atoms with Crippen molar-refractivity contribution < 1.29 is 22.8 Å². The second-order valence-electron chi connectivity index (χ2n) is 5.81. The molecule has 27 heavy (non-hydrogen) atoms. The summed E-state index contributed by atoms with van der Waals surface area (Å²) in [6.45, 7) is 1.37. The van der Waals surface area contributed by atoms with Crippen molar-refractivity contribution in [2.45, 2.75) is 29.8 Å². The number of nitrogens with zero attached hydrogens (tertiary/aromatic N) is 3. The summed E-state index contributed by atoms with van der Waals surface area (Å²) < 4.78 is 39.6. The summed E-state index contributed by atoms with van der Waals surface area (Å²) in [6.07, 6.45) is -4.90. The second-order valence-corrected chi connectivity index (χ2v) is 7.01. The van der Waals surface area contributed by atoms with Gasteiger partial charge in [-0.2, -0.15) is 18.4 Å². The summed E-state index contributed by atoms with van der Waals surface area (Å²) in [5, 5.41) is 8.06. The number of halogens is 3. The van der Waals surface area contributed by atoms with E-state index < -0.39 is 34.4 Å². The van der Waals surface area contributed by atoms with Crippen molar-refractivity contribution >= 4 is 29.3 Å². The highest BCUT2D eigenvalue weighted by molar-refractivity contribution is 8.00. The molecule has 3 rings (SSSR count). The van der Waals surface area contributed by atoms with Crippen molar-refractivity contribution in [2.24, 2.45) is 0 Å². The van der Waals surface area contributed by atoms with Crippen molar-refractivity contribution in [1.82, 2.24) is 4.98 Å². The first-order chi connectivity index (χ1) is 12.7. The number of aryl methyl sites for hydroxylation is 1. The summed E-state index contributed by atoms with van der Waals surface area (Å²) in [4.78, 5) is 29.9. The zero-order valence-electron chi connectivity index (χ0n) is 13.9. The van der Waals surface area contributed by atoms with Crippen molar-refractivity contribution in [3.63, 3.8) is 0 Å². The van der Waals surface area contributed by atoms with E-state index in [1.54, 1.807) is 30.3 Å². The van der Waals surface area contributed by atoms with Crippen molar-refractivity contribution in [1.29, 1.82) is 5.26 Å². The third-order valence-corrected chi connectivity index (χ3v) is 5.08. The molecule has 1 aromatic heterocycles. The molecule has 2 heterocycles. The minimum absolute atomic E-state index is 0.0699. The standard InChI is InChI=1S/C18H12F3N3O2S/c1-10-7-13(18(19,20)21)12(9-22)16(23-10)27-14-8-15(25)24(17(14)26)11-5-3-2-4-6-11/h2-7,14H,8H2,1H3. The molecule has 0 spiro atoms. The molecule has 1 saturated heterocycles. The third kappa shape index (κ3) is 3.66. The van der Waals surface area contributed by atoms with E-state index in [0.717, 1.165) is 11.0 Å². The fourth-order valence-electron chi connectivity index (χ4n) is 2.74. The number of pyridine rings is 1. The zero-order valence-corrected chi connectivity index (χ0v) is 14.8. The second kappa shape index (κ2) is 7.04. The minimum atomic E-state index is -4.72. The smallest absolute Gasteiger partial charge is 0.274 e. The quantitative estimate of drug-likeness (QED) is 0.746. The van der Waals surface area contributed by atoms with E-state index in [1.807, 2.05) is 0 Å². The molecule has 0 bridgehead atoms. The lowest BCUT2D eigenvalue weighted by atomic mass is 10.1. The highest BCUT2D eigenvalue weighted by Gasteiger charge is 2.42. The number of carbonyl (C=O) groups excluding carboxylic acids is 2. The van der Waals surface area contributed by atoms with E-state index in [4.69, 9.17) is 0 Å². The highest BCUT2D eigenvalue weighted by Crippen LogP contribution is 2.39. The maximum atomic E-state index is 13.2. The van der Waals surface area contributed by atoms with Crippen molar-refractivity contribution in [3.8, 4) is 6.07 Å². The Hall–Kier alpha value is -2.86. The number of para-hydroxylation sites is 1. The number of carbonyl (C=O) groups is 2. The Morgan fingerprint density at radius 3 is 2.52 bits per heavy atom. The molecular formula is C18H12F3N3O2S. The average molecular weight is 391 g/mol. The van der Waals surface area contributed by atoms with Crippen LogP contribution in [-0.2, 0) is 15.8 Å². The van der Waals surface area contributed by atoms with Crippen molar-refractivity contribution in [2.75, 3.05) is 4.90 Å². The molecule has 0 saturated carbocycles. The highest BCUT2D eigenvalue weighted by atomic mass is 32.2. The summed E-state index contributed by atoms with van der Waals surface area (Å²) in [5.74, 6) is -0.997. The minimum Gasteiger partial charge on any atom is -0.274 e. The fourth-order valence-corrected chi connectivity index (χ4v) is 3.91. The van der Waals surface area contributed by atoms with Crippen LogP contribution in [0.3, 0.4) is 0 Å². The lowest BCUT2D eigenvalue weighted by Gasteiger charge is -2.16. The van der Waals surface area contributed by atoms with Gasteiger partial charge in [0.2, 0.25) is 11.8 Å². The van der Waals surface area contributed by atoms with Crippen LogP contribution in [0.1, 0.15) is 23.2 Å². The van der Waals surface area contributed by atoms with Crippen LogP contribution in [0.2, 0.25) is 0 Å². The van der Waals surface area contributed by atoms with Crippen molar-refractivity contribution in [3.05, 3.63) is 53.2 Å². The molecule has 1 atom stereocenters. The molecule has 0 aliphatic carbocycles. The van der Waals surface area contributed by atoms with E-state index in [1.165, 1.54) is 13.0 Å². The Labute approximate surface area is 156 Å². The van der Waals surface area contributed by atoms with E-state index in [0.29, 0.717) is 17.4 Å². The van der Waals surface area contributed by atoms with E-state index in [9.17, 15) is 28.0 Å². The molecule has 1 unspecified atom stereocenters. The molecule has 2 aromatic rings. The molecular weight excluding hydrogens is 379 g/mol. The van der Waals surface area contributed by atoms with Gasteiger partial charge in [-0.15, -0.1) is 0 Å². The van der Waals surface area contributed by atoms with Crippen LogP contribution in [0.4, 0.5) is 18.9 Å². The third-order valence-electron chi connectivity index (χ3n) is 3.91. The molecule has 138 valence electrons. The van der Waals surface area contributed by atoms with E-state index in [2.05, 4.69) is 4.98 Å². The van der Waals surface area contributed by atoms with Crippen LogP contribution in [0.15, 0.2) is 41.4 Å². The lowest BCUT2D eigenvalue weighted by molar-refractivity contribution is -0.138. The number of rotatable bonds is 3. The van der Waals surface area contributed by atoms with E-state index in [-0.39, 0.29) is 17.1 Å². The number of amides is 2. The van der Waals surface area contributed by atoms with Gasteiger partial charge >= 0.3 is 6.18 Å². The molecule has 0 N–H and O–H groups in total. The van der Waals surface area contributed by atoms with Crippen LogP contribution in [0.25, 0.3) is 0 Å². The number of benzene rings is 1. The molecule has 1 aromatic carbocycles.